The molecule has 10 rings (SSSR count). The number of rotatable bonds is 11. The summed E-state index contributed by atoms with van der Waals surface area (Å²) in [6.45, 7) is 5.31. The Kier molecular flexibility index (Phi) is 11.1. The molecule has 0 spiro atoms. The fourth-order valence-corrected chi connectivity index (χ4v) is 10.1. The third-order valence-electron chi connectivity index (χ3n) is 13.4. The molecule has 1 saturated carbocycles. The number of piperazine rings is 1. The van der Waals surface area contributed by atoms with Gasteiger partial charge in [0.1, 0.15) is 35.3 Å². The standard InChI is InChI=1S/C47H48ClN9O6/c48-38-24-34(63-33-4-2-1-3-5-33)7-9-36(38)43(60)37-25-49-44-42(37)45(51-27-50-44)52-30-12-14-56(15-13-30)41(59)22-28-20-32(21-28)55-18-16-54(17-19-55)31-6-8-35-29(23-31)26-57(47(35)62)39-10-11-40(58)53-46(39)61/h1-9,23-25,27-28,30,32,39H,10-22,26H2,(H,53,58,61)(H2,49,50,51,52)/t28?,32?,39-/m0/s1. The predicted octanol–water partition coefficient (Wildman–Crippen LogP) is 5.79. The van der Waals surface area contributed by atoms with Crippen molar-refractivity contribution in [3.8, 4) is 11.5 Å². The van der Waals surface area contributed by atoms with Crippen molar-refractivity contribution < 1.29 is 28.7 Å². The van der Waals surface area contributed by atoms with Gasteiger partial charge in [-0.05, 0) is 86.1 Å². The minimum atomic E-state index is -0.618. The number of benzene rings is 3. The summed E-state index contributed by atoms with van der Waals surface area (Å²) >= 11 is 6.63. The number of imide groups is 1. The molecule has 2 aromatic heterocycles. The monoisotopic (exact) mass is 869 g/mol. The molecular formula is C47H48ClN9O6. The maximum Gasteiger partial charge on any atom is 0.255 e. The maximum atomic E-state index is 13.9. The molecule has 324 valence electrons. The normalized spacial score (nSPS) is 21.9. The summed E-state index contributed by atoms with van der Waals surface area (Å²) in [5.74, 6) is 1.27. The van der Waals surface area contributed by atoms with Crippen LogP contribution in [0.1, 0.15) is 76.8 Å². The molecule has 4 fully saturated rings. The van der Waals surface area contributed by atoms with Gasteiger partial charge in [0, 0.05) is 99.8 Å². The molecule has 0 unspecified atom stereocenters. The quantitative estimate of drug-likeness (QED) is 0.108. The largest absolute Gasteiger partial charge is 0.457 e. The molecule has 15 nitrogen and oxygen atoms in total. The van der Waals surface area contributed by atoms with E-state index in [0.717, 1.165) is 63.1 Å². The lowest BCUT2D eigenvalue weighted by Crippen LogP contribution is -2.54. The SMILES string of the molecule is O=C1CC[C@H](N2Cc3cc(N4CCN(C5CC(CC(=O)N6CCC(Nc7ncnc8[nH]cc(C(=O)c9ccc(Oc%10ccccc%10)cc9Cl)c78)CC6)C5)CC4)ccc3C2=O)C(=O)N1. The van der Waals surface area contributed by atoms with Gasteiger partial charge in [-0.25, -0.2) is 9.97 Å². The van der Waals surface area contributed by atoms with Gasteiger partial charge in [-0.15, -0.1) is 0 Å². The molecule has 16 heteroatoms. The Balaban J connectivity index is 0.677. The Labute approximate surface area is 369 Å². The van der Waals surface area contributed by atoms with Gasteiger partial charge in [-0.2, -0.15) is 0 Å². The van der Waals surface area contributed by atoms with Gasteiger partial charge in [0.25, 0.3) is 5.91 Å². The van der Waals surface area contributed by atoms with E-state index in [-0.39, 0.29) is 41.0 Å². The van der Waals surface area contributed by atoms with Crippen LogP contribution in [-0.4, -0.2) is 116 Å². The first kappa shape index (κ1) is 40.7. The third-order valence-corrected chi connectivity index (χ3v) is 13.8. The van der Waals surface area contributed by atoms with Crippen molar-refractivity contribution >= 4 is 63.6 Å². The van der Waals surface area contributed by atoms with Crippen molar-refractivity contribution in [2.45, 2.75) is 69.6 Å². The van der Waals surface area contributed by atoms with Crippen molar-refractivity contribution in [1.82, 2.24) is 35.0 Å². The molecule has 3 aromatic carbocycles. The van der Waals surface area contributed by atoms with Crippen LogP contribution in [0.5, 0.6) is 11.5 Å². The van der Waals surface area contributed by atoms with Crippen LogP contribution in [0.4, 0.5) is 11.5 Å². The number of carbonyl (C=O) groups excluding carboxylic acids is 5. The van der Waals surface area contributed by atoms with E-state index in [9.17, 15) is 24.0 Å². The minimum Gasteiger partial charge on any atom is -0.457 e. The molecule has 0 bridgehead atoms. The van der Waals surface area contributed by atoms with Crippen LogP contribution in [0.15, 0.2) is 79.3 Å². The molecule has 1 atom stereocenters. The number of hydrogen-bond acceptors (Lipinski definition) is 11. The highest BCUT2D eigenvalue weighted by atomic mass is 35.5. The highest BCUT2D eigenvalue weighted by molar-refractivity contribution is 6.35. The Hall–Kier alpha value is -6.32. The van der Waals surface area contributed by atoms with Crippen LogP contribution in [0.3, 0.4) is 0 Å². The van der Waals surface area contributed by atoms with Crippen LogP contribution in [0, 0.1) is 5.92 Å². The first-order valence-electron chi connectivity index (χ1n) is 21.9. The van der Waals surface area contributed by atoms with Crippen molar-refractivity contribution in [2.24, 2.45) is 5.92 Å². The lowest BCUT2D eigenvalue weighted by Gasteiger charge is -2.47. The second kappa shape index (κ2) is 17.1. The number of carbonyl (C=O) groups is 5. The van der Waals surface area contributed by atoms with Crippen LogP contribution in [0.2, 0.25) is 5.02 Å². The average molecular weight is 870 g/mol. The number of anilines is 2. The van der Waals surface area contributed by atoms with Gasteiger partial charge in [-0.1, -0.05) is 29.8 Å². The molecule has 63 heavy (non-hydrogen) atoms. The van der Waals surface area contributed by atoms with Crippen molar-refractivity contribution in [3.63, 3.8) is 0 Å². The molecule has 3 N–H and O–H groups in total. The summed E-state index contributed by atoms with van der Waals surface area (Å²) in [6.07, 6.45) is 7.85. The summed E-state index contributed by atoms with van der Waals surface area (Å²) < 4.78 is 5.90. The molecule has 4 aliphatic heterocycles. The molecule has 3 saturated heterocycles. The van der Waals surface area contributed by atoms with E-state index < -0.39 is 11.9 Å². The van der Waals surface area contributed by atoms with E-state index in [2.05, 4.69) is 41.5 Å². The molecular weight excluding hydrogens is 822 g/mol. The number of fused-ring (bicyclic) bond motifs is 2. The number of halogens is 1. The zero-order chi connectivity index (χ0) is 43.2. The Morgan fingerprint density at radius 2 is 1.65 bits per heavy atom. The average Bonchev–Trinajstić information content (AvgIpc) is 3.86. The van der Waals surface area contributed by atoms with E-state index in [1.807, 2.05) is 47.4 Å². The van der Waals surface area contributed by atoms with E-state index in [0.29, 0.717) is 89.5 Å². The molecule has 0 radical (unpaired) electrons. The number of aromatic amines is 1. The number of ketones is 1. The van der Waals surface area contributed by atoms with Gasteiger partial charge in [0.15, 0.2) is 5.78 Å². The van der Waals surface area contributed by atoms with E-state index in [1.165, 1.54) is 6.33 Å². The maximum absolute atomic E-state index is 13.9. The second-order valence-corrected chi connectivity index (χ2v) is 17.7. The summed E-state index contributed by atoms with van der Waals surface area (Å²) in [5.41, 5.74) is 3.93. The van der Waals surface area contributed by atoms with E-state index >= 15 is 0 Å². The van der Waals surface area contributed by atoms with Gasteiger partial charge in [0.2, 0.25) is 17.7 Å². The molecule has 4 amide bonds. The number of piperidine rings is 2. The zero-order valence-corrected chi connectivity index (χ0v) is 35.5. The molecule has 5 aromatic rings. The minimum absolute atomic E-state index is 0.0709. The number of nitrogens with one attached hydrogen (secondary N) is 3. The predicted molar refractivity (Wildman–Crippen MR) is 236 cm³/mol. The van der Waals surface area contributed by atoms with Gasteiger partial charge >= 0.3 is 0 Å². The number of likely N-dealkylation sites (tertiary alicyclic amines) is 1. The van der Waals surface area contributed by atoms with Gasteiger partial charge in [-0.3, -0.25) is 34.2 Å². The number of amides is 4. The third kappa shape index (κ3) is 8.22. The van der Waals surface area contributed by atoms with Gasteiger partial charge < -0.3 is 29.7 Å². The highest BCUT2D eigenvalue weighted by Gasteiger charge is 2.40. The first-order chi connectivity index (χ1) is 30.6. The zero-order valence-electron chi connectivity index (χ0n) is 34.7. The van der Waals surface area contributed by atoms with Crippen LogP contribution in [0.25, 0.3) is 11.0 Å². The highest BCUT2D eigenvalue weighted by Crippen LogP contribution is 2.37. The van der Waals surface area contributed by atoms with Gasteiger partial charge in [0.05, 0.1) is 16.0 Å². The lowest BCUT2D eigenvalue weighted by atomic mass is 9.76. The first-order valence-corrected chi connectivity index (χ1v) is 22.2. The van der Waals surface area contributed by atoms with Crippen LogP contribution >= 0.6 is 11.6 Å². The Bertz CT molecular complexity index is 2600. The molecule has 6 heterocycles. The fraction of sp³-hybridized carbons (Fsp3) is 0.383. The number of para-hydroxylation sites is 1. The van der Waals surface area contributed by atoms with Crippen molar-refractivity contribution in [2.75, 3.05) is 49.5 Å². The van der Waals surface area contributed by atoms with Crippen molar-refractivity contribution in [3.05, 3.63) is 107 Å². The molecule has 5 aliphatic rings. The summed E-state index contributed by atoms with van der Waals surface area (Å²) in [4.78, 5) is 85.1. The number of nitrogens with zero attached hydrogens (tertiary/aromatic N) is 6. The van der Waals surface area contributed by atoms with Crippen LogP contribution < -0.4 is 20.3 Å². The topological polar surface area (TPSA) is 173 Å². The van der Waals surface area contributed by atoms with E-state index in [4.69, 9.17) is 16.3 Å². The smallest absolute Gasteiger partial charge is 0.255 e. The number of H-pyrrole nitrogens is 1. The number of ether oxygens (including phenoxy) is 1. The van der Waals surface area contributed by atoms with Crippen LogP contribution in [-0.2, 0) is 20.9 Å². The fourth-order valence-electron chi connectivity index (χ4n) is 9.88. The van der Waals surface area contributed by atoms with Crippen molar-refractivity contribution in [1.29, 1.82) is 0 Å². The summed E-state index contributed by atoms with van der Waals surface area (Å²) in [5, 5.41) is 6.80. The summed E-state index contributed by atoms with van der Waals surface area (Å²) in [7, 11) is 0. The second-order valence-electron chi connectivity index (χ2n) is 17.3. The Morgan fingerprint density at radius 3 is 2.41 bits per heavy atom. The lowest BCUT2D eigenvalue weighted by molar-refractivity contribution is -0.137. The number of hydrogen-bond donors (Lipinski definition) is 3. The summed E-state index contributed by atoms with van der Waals surface area (Å²) in [6, 6.07) is 20.3. The van der Waals surface area contributed by atoms with E-state index in [1.54, 1.807) is 29.3 Å². The molecule has 1 aliphatic carbocycles. The number of aromatic nitrogens is 3. The Morgan fingerprint density at radius 1 is 0.857 bits per heavy atom.